The lowest BCUT2D eigenvalue weighted by molar-refractivity contribution is -0.126. The number of carbonyl (C=O) groups excluding carboxylic acids is 2. The molecule has 1 saturated carbocycles. The number of halogens is 1. The van der Waals surface area contributed by atoms with E-state index in [2.05, 4.69) is 10.6 Å². The number of carbonyl (C=O) groups is 2. The monoisotopic (exact) mass is 367 g/mol. The third-order valence-corrected chi connectivity index (χ3v) is 4.94. The third-order valence-electron chi connectivity index (χ3n) is 4.94. The van der Waals surface area contributed by atoms with Crippen LogP contribution in [0.15, 0.2) is 18.2 Å². The molecule has 1 aromatic carbocycles. The van der Waals surface area contributed by atoms with Gasteiger partial charge in [-0.05, 0) is 56.9 Å². The molecular weight excluding hydrogens is 338 g/mol. The Bertz CT molecular complexity index is 611. The normalized spacial score (nSPS) is 16.6. The molecule has 2 rings (SSSR count). The average molecular weight is 368 g/mol. The summed E-state index contributed by atoms with van der Waals surface area (Å²) >= 11 is 0. The Morgan fingerprint density at radius 3 is 2.40 bits per heavy atom. The Balaban J connectivity index is 0.00000312. The van der Waals surface area contributed by atoms with Crippen LogP contribution in [-0.4, -0.2) is 24.4 Å². The Kier molecular flexibility index (Phi) is 7.90. The van der Waals surface area contributed by atoms with Crippen molar-refractivity contribution in [3.05, 3.63) is 29.3 Å². The molecule has 4 N–H and O–H groups in total. The van der Waals surface area contributed by atoms with Crippen LogP contribution in [0.1, 0.15) is 50.2 Å². The summed E-state index contributed by atoms with van der Waals surface area (Å²) in [6, 6.07) is 5.76. The van der Waals surface area contributed by atoms with E-state index < -0.39 is 5.41 Å². The molecule has 0 radical (unpaired) electrons. The van der Waals surface area contributed by atoms with Crippen LogP contribution < -0.4 is 16.4 Å². The largest absolute Gasteiger partial charge is 0.355 e. The van der Waals surface area contributed by atoms with Crippen molar-refractivity contribution in [3.63, 3.8) is 0 Å². The third kappa shape index (κ3) is 5.72. The molecular formula is C19H30ClN3O2. The van der Waals surface area contributed by atoms with E-state index >= 15 is 0 Å². The minimum atomic E-state index is -0.508. The Labute approximate surface area is 156 Å². The summed E-state index contributed by atoms with van der Waals surface area (Å²) in [6.45, 7) is 6.27. The van der Waals surface area contributed by atoms with Gasteiger partial charge in [0.25, 0.3) is 0 Å². The first-order valence-electron chi connectivity index (χ1n) is 8.73. The van der Waals surface area contributed by atoms with Crippen LogP contribution in [0, 0.1) is 19.3 Å². The Morgan fingerprint density at radius 2 is 1.84 bits per heavy atom. The number of anilines is 1. The van der Waals surface area contributed by atoms with Gasteiger partial charge in [0.2, 0.25) is 11.8 Å². The molecule has 2 amide bonds. The quantitative estimate of drug-likeness (QED) is 0.722. The number of nitrogens with one attached hydrogen (secondary N) is 2. The molecule has 1 aliphatic carbocycles. The highest BCUT2D eigenvalue weighted by atomic mass is 35.5. The van der Waals surface area contributed by atoms with Crippen molar-refractivity contribution in [2.45, 2.75) is 58.9 Å². The molecule has 0 heterocycles. The van der Waals surface area contributed by atoms with Gasteiger partial charge < -0.3 is 16.4 Å². The van der Waals surface area contributed by atoms with Crippen LogP contribution in [0.4, 0.5) is 5.69 Å². The smallest absolute Gasteiger partial charge is 0.232 e. The number of nitrogens with two attached hydrogens (primary N) is 1. The summed E-state index contributed by atoms with van der Waals surface area (Å²) in [5, 5.41) is 5.95. The van der Waals surface area contributed by atoms with Crippen molar-refractivity contribution in [1.82, 2.24) is 5.32 Å². The summed E-state index contributed by atoms with van der Waals surface area (Å²) < 4.78 is 0. The molecule has 1 aromatic rings. The van der Waals surface area contributed by atoms with Crippen molar-refractivity contribution < 1.29 is 9.59 Å². The van der Waals surface area contributed by atoms with E-state index in [0.29, 0.717) is 6.54 Å². The van der Waals surface area contributed by atoms with Gasteiger partial charge in [-0.2, -0.15) is 0 Å². The lowest BCUT2D eigenvalue weighted by Gasteiger charge is -2.28. The second kappa shape index (κ2) is 9.20. The molecule has 140 valence electrons. The van der Waals surface area contributed by atoms with Gasteiger partial charge in [-0.1, -0.05) is 18.9 Å². The fraction of sp³-hybridized carbons (Fsp3) is 0.579. The summed E-state index contributed by atoms with van der Waals surface area (Å²) in [4.78, 5) is 24.8. The molecule has 1 atom stereocenters. The van der Waals surface area contributed by atoms with E-state index in [1.54, 1.807) is 6.92 Å². The zero-order valence-electron chi connectivity index (χ0n) is 15.4. The zero-order valence-corrected chi connectivity index (χ0v) is 16.2. The molecule has 0 bridgehead atoms. The van der Waals surface area contributed by atoms with Crippen molar-refractivity contribution in [3.8, 4) is 0 Å². The zero-order chi connectivity index (χ0) is 17.7. The van der Waals surface area contributed by atoms with Crippen molar-refractivity contribution in [2.24, 2.45) is 11.1 Å². The molecule has 1 fully saturated rings. The van der Waals surface area contributed by atoms with Gasteiger partial charge in [0, 0.05) is 24.7 Å². The number of aryl methyl sites for hydroxylation is 2. The lowest BCUT2D eigenvalue weighted by atomic mass is 9.84. The highest BCUT2D eigenvalue weighted by molar-refractivity contribution is 5.96. The van der Waals surface area contributed by atoms with E-state index in [0.717, 1.165) is 36.9 Å². The highest BCUT2D eigenvalue weighted by Crippen LogP contribution is 2.38. The number of rotatable bonds is 6. The summed E-state index contributed by atoms with van der Waals surface area (Å²) in [5.41, 5.74) is 8.32. The Morgan fingerprint density at radius 1 is 1.20 bits per heavy atom. The van der Waals surface area contributed by atoms with Gasteiger partial charge in [0.1, 0.15) is 0 Å². The highest BCUT2D eigenvalue weighted by Gasteiger charge is 2.41. The second-order valence-corrected chi connectivity index (χ2v) is 7.20. The van der Waals surface area contributed by atoms with Crippen LogP contribution >= 0.6 is 12.4 Å². The first kappa shape index (κ1) is 21.5. The van der Waals surface area contributed by atoms with Gasteiger partial charge in [-0.25, -0.2) is 0 Å². The first-order valence-corrected chi connectivity index (χ1v) is 8.73. The van der Waals surface area contributed by atoms with Gasteiger partial charge in [0.05, 0.1) is 5.41 Å². The van der Waals surface area contributed by atoms with E-state index in [4.69, 9.17) is 5.73 Å². The van der Waals surface area contributed by atoms with E-state index in [9.17, 15) is 9.59 Å². The molecule has 1 unspecified atom stereocenters. The average Bonchev–Trinajstić information content (AvgIpc) is 2.98. The van der Waals surface area contributed by atoms with Crippen LogP contribution in [0.2, 0.25) is 0 Å². The number of hydrogen-bond acceptors (Lipinski definition) is 3. The van der Waals surface area contributed by atoms with Gasteiger partial charge in [-0.3, -0.25) is 9.59 Å². The van der Waals surface area contributed by atoms with E-state index in [1.165, 1.54) is 5.56 Å². The molecule has 1 aliphatic rings. The lowest BCUT2D eigenvalue weighted by Crippen LogP contribution is -2.44. The standard InChI is InChI=1S/C19H29N3O2.ClH/c1-13-6-7-16(10-14(13)2)22-18(24)19(8-4-5-9-19)12-21-17(23)11-15(3)20;/h6-7,10,15H,4-5,8-9,11-12,20H2,1-3H3,(H,21,23)(H,22,24);1H. The summed E-state index contributed by atoms with van der Waals surface area (Å²) in [6.07, 6.45) is 3.94. The molecule has 0 spiro atoms. The van der Waals surface area contributed by atoms with Crippen LogP contribution in [0.25, 0.3) is 0 Å². The van der Waals surface area contributed by atoms with E-state index in [-0.39, 0.29) is 36.7 Å². The first-order chi connectivity index (χ1) is 11.3. The topological polar surface area (TPSA) is 84.2 Å². The molecule has 0 aliphatic heterocycles. The minimum absolute atomic E-state index is 0. The Hall–Kier alpha value is -1.59. The fourth-order valence-electron chi connectivity index (χ4n) is 3.25. The maximum atomic E-state index is 12.9. The number of benzene rings is 1. The molecule has 0 aromatic heterocycles. The molecule has 0 saturated heterocycles. The van der Waals surface area contributed by atoms with Crippen LogP contribution in [0.5, 0.6) is 0 Å². The van der Waals surface area contributed by atoms with Crippen molar-refractivity contribution in [2.75, 3.05) is 11.9 Å². The molecule has 5 nitrogen and oxygen atoms in total. The van der Waals surface area contributed by atoms with Crippen molar-refractivity contribution >= 4 is 29.9 Å². The second-order valence-electron chi connectivity index (χ2n) is 7.20. The predicted octanol–water partition coefficient (Wildman–Crippen LogP) is 3.08. The van der Waals surface area contributed by atoms with Crippen LogP contribution in [0.3, 0.4) is 0 Å². The van der Waals surface area contributed by atoms with Gasteiger partial charge in [-0.15, -0.1) is 12.4 Å². The van der Waals surface area contributed by atoms with Crippen LogP contribution in [-0.2, 0) is 9.59 Å². The summed E-state index contributed by atoms with van der Waals surface area (Å²) in [5.74, 6) is -0.0837. The maximum absolute atomic E-state index is 12.9. The van der Waals surface area contributed by atoms with E-state index in [1.807, 2.05) is 32.0 Å². The van der Waals surface area contributed by atoms with Crippen molar-refractivity contribution in [1.29, 1.82) is 0 Å². The van der Waals surface area contributed by atoms with Gasteiger partial charge >= 0.3 is 0 Å². The maximum Gasteiger partial charge on any atom is 0.232 e. The van der Waals surface area contributed by atoms with Gasteiger partial charge in [0.15, 0.2) is 0 Å². The fourth-order valence-corrected chi connectivity index (χ4v) is 3.25. The number of amides is 2. The molecule has 25 heavy (non-hydrogen) atoms. The number of hydrogen-bond donors (Lipinski definition) is 3. The predicted molar refractivity (Wildman–Crippen MR) is 104 cm³/mol. The minimum Gasteiger partial charge on any atom is -0.355 e. The molecule has 6 heteroatoms. The SMILES string of the molecule is Cc1ccc(NC(=O)C2(CNC(=O)CC(C)N)CCCC2)cc1C.Cl. The summed E-state index contributed by atoms with van der Waals surface area (Å²) in [7, 11) is 0.